The van der Waals surface area contributed by atoms with Gasteiger partial charge in [0, 0.05) is 47.4 Å². The van der Waals surface area contributed by atoms with Gasteiger partial charge in [-0.25, -0.2) is 0 Å². The Kier molecular flexibility index (Phi) is 5.60. The number of hydrogen-bond donors (Lipinski definition) is 0. The van der Waals surface area contributed by atoms with Crippen LogP contribution in [-0.4, -0.2) is 41.9 Å². The van der Waals surface area contributed by atoms with E-state index < -0.39 is 6.04 Å². The number of hydrogen-bond acceptors (Lipinski definition) is 3. The van der Waals surface area contributed by atoms with Crippen molar-refractivity contribution in [2.45, 2.75) is 6.04 Å². The van der Waals surface area contributed by atoms with Crippen molar-refractivity contribution in [1.82, 2.24) is 9.80 Å². The molecule has 128 valence electrons. The van der Waals surface area contributed by atoms with Gasteiger partial charge in [-0.15, -0.1) is 0 Å². The maximum Gasteiger partial charge on any atom is 0.253 e. The lowest BCUT2D eigenvalue weighted by Crippen LogP contribution is -2.49. The normalized spacial score (nSPS) is 16.3. The molecule has 2 aromatic carbocycles. The van der Waals surface area contributed by atoms with Crippen LogP contribution in [0.1, 0.15) is 22.0 Å². The molecule has 1 saturated heterocycles. The van der Waals surface area contributed by atoms with E-state index in [9.17, 15) is 10.1 Å². The van der Waals surface area contributed by atoms with Crippen molar-refractivity contribution in [3.8, 4) is 6.07 Å². The molecule has 0 bridgehead atoms. The van der Waals surface area contributed by atoms with Crippen molar-refractivity contribution >= 4 is 29.1 Å². The van der Waals surface area contributed by atoms with Gasteiger partial charge in [-0.3, -0.25) is 9.69 Å². The minimum absolute atomic E-state index is 0.0339. The first-order valence-corrected chi connectivity index (χ1v) is 8.78. The molecule has 1 amide bonds. The maximum absolute atomic E-state index is 12.6. The van der Waals surface area contributed by atoms with Gasteiger partial charge in [-0.2, -0.15) is 5.26 Å². The topological polar surface area (TPSA) is 47.3 Å². The lowest BCUT2D eigenvalue weighted by Gasteiger charge is -2.37. The fourth-order valence-electron chi connectivity index (χ4n) is 3.03. The molecule has 0 N–H and O–H groups in total. The highest BCUT2D eigenvalue weighted by molar-refractivity contribution is 6.31. The number of piperazine rings is 1. The number of carbonyl (C=O) groups excluding carboxylic acids is 1. The molecule has 0 aromatic heterocycles. The molecular weight excluding hydrogens is 357 g/mol. The summed E-state index contributed by atoms with van der Waals surface area (Å²) in [6.07, 6.45) is 0. The third-order valence-electron chi connectivity index (χ3n) is 4.36. The highest BCUT2D eigenvalue weighted by Gasteiger charge is 2.28. The van der Waals surface area contributed by atoms with Gasteiger partial charge in [0.2, 0.25) is 0 Å². The van der Waals surface area contributed by atoms with Crippen molar-refractivity contribution in [3.05, 3.63) is 69.7 Å². The zero-order valence-electron chi connectivity index (χ0n) is 13.5. The largest absolute Gasteiger partial charge is 0.336 e. The average Bonchev–Trinajstić information content (AvgIpc) is 2.64. The summed E-state index contributed by atoms with van der Waals surface area (Å²) in [5.41, 5.74) is 1.39. The zero-order valence-corrected chi connectivity index (χ0v) is 15.0. The van der Waals surface area contributed by atoms with E-state index in [0.717, 1.165) is 5.56 Å². The van der Waals surface area contributed by atoms with E-state index >= 15 is 0 Å². The van der Waals surface area contributed by atoms with Gasteiger partial charge >= 0.3 is 0 Å². The molecular formula is C19H17Cl2N3O. The summed E-state index contributed by atoms with van der Waals surface area (Å²) in [5, 5.41) is 10.7. The van der Waals surface area contributed by atoms with Crippen molar-refractivity contribution in [3.63, 3.8) is 0 Å². The predicted octanol–water partition coefficient (Wildman–Crippen LogP) is 4.02. The van der Waals surface area contributed by atoms with Crippen molar-refractivity contribution in [2.24, 2.45) is 0 Å². The molecule has 1 atom stereocenters. The van der Waals surface area contributed by atoms with Crippen LogP contribution in [0, 0.1) is 11.3 Å². The Hall–Kier alpha value is -2.06. The fourth-order valence-corrected chi connectivity index (χ4v) is 3.46. The number of carbonyl (C=O) groups is 1. The molecule has 0 saturated carbocycles. The fraction of sp³-hybridized carbons (Fsp3) is 0.263. The first-order chi connectivity index (χ1) is 12.1. The van der Waals surface area contributed by atoms with Crippen LogP contribution in [0.4, 0.5) is 0 Å². The van der Waals surface area contributed by atoms with Crippen LogP contribution in [0.2, 0.25) is 10.0 Å². The van der Waals surface area contributed by atoms with E-state index in [0.29, 0.717) is 41.8 Å². The molecule has 25 heavy (non-hydrogen) atoms. The van der Waals surface area contributed by atoms with Crippen LogP contribution in [0.15, 0.2) is 48.5 Å². The lowest BCUT2D eigenvalue weighted by atomic mass is 10.1. The Morgan fingerprint density at radius 1 is 1.04 bits per heavy atom. The monoisotopic (exact) mass is 373 g/mol. The van der Waals surface area contributed by atoms with Gasteiger partial charge in [0.1, 0.15) is 6.04 Å². The number of benzene rings is 2. The van der Waals surface area contributed by atoms with Crippen LogP contribution in [0.5, 0.6) is 0 Å². The highest BCUT2D eigenvalue weighted by atomic mass is 35.5. The number of rotatable bonds is 3. The van der Waals surface area contributed by atoms with Gasteiger partial charge in [0.15, 0.2) is 0 Å². The van der Waals surface area contributed by atoms with E-state index in [4.69, 9.17) is 23.2 Å². The van der Waals surface area contributed by atoms with Crippen LogP contribution in [-0.2, 0) is 0 Å². The molecule has 6 heteroatoms. The SMILES string of the molecule is N#CC(c1ccccc1Cl)N1CCN(C(=O)c2cccc(Cl)c2)CC1. The van der Waals surface area contributed by atoms with Crippen molar-refractivity contribution in [2.75, 3.05) is 26.2 Å². The third-order valence-corrected chi connectivity index (χ3v) is 4.94. The minimum atomic E-state index is -0.405. The summed E-state index contributed by atoms with van der Waals surface area (Å²) in [7, 11) is 0. The van der Waals surface area contributed by atoms with E-state index in [2.05, 4.69) is 11.0 Å². The van der Waals surface area contributed by atoms with E-state index in [1.165, 1.54) is 0 Å². The summed E-state index contributed by atoms with van der Waals surface area (Å²) < 4.78 is 0. The first-order valence-electron chi connectivity index (χ1n) is 8.03. The minimum Gasteiger partial charge on any atom is -0.336 e. The Bertz CT molecular complexity index is 810. The van der Waals surface area contributed by atoms with E-state index in [1.807, 2.05) is 18.2 Å². The average molecular weight is 374 g/mol. The Morgan fingerprint density at radius 3 is 2.40 bits per heavy atom. The standard InChI is InChI=1S/C19H17Cl2N3O/c20-15-5-3-4-14(12-15)19(25)24-10-8-23(9-11-24)18(13-22)16-6-1-2-7-17(16)21/h1-7,12,18H,8-11H2. The molecule has 0 radical (unpaired) electrons. The van der Waals surface area contributed by atoms with Crippen LogP contribution in [0.25, 0.3) is 0 Å². The summed E-state index contributed by atoms with van der Waals surface area (Å²) in [6.45, 7) is 2.37. The lowest BCUT2D eigenvalue weighted by molar-refractivity contribution is 0.0606. The quantitative estimate of drug-likeness (QED) is 0.816. The van der Waals surface area contributed by atoms with E-state index in [-0.39, 0.29) is 5.91 Å². The number of halogens is 2. The van der Waals surface area contributed by atoms with Crippen LogP contribution < -0.4 is 0 Å². The summed E-state index contributed by atoms with van der Waals surface area (Å²) >= 11 is 12.2. The molecule has 1 fully saturated rings. The number of nitriles is 1. The summed E-state index contributed by atoms with van der Waals surface area (Å²) in [6, 6.07) is 16.3. The molecule has 4 nitrogen and oxygen atoms in total. The van der Waals surface area contributed by atoms with Gasteiger partial charge in [-0.1, -0.05) is 47.5 Å². The number of amides is 1. The second kappa shape index (κ2) is 7.88. The van der Waals surface area contributed by atoms with E-state index in [1.54, 1.807) is 35.2 Å². The number of nitrogens with zero attached hydrogens (tertiary/aromatic N) is 3. The van der Waals surface area contributed by atoms with Crippen molar-refractivity contribution < 1.29 is 4.79 Å². The Morgan fingerprint density at radius 2 is 1.76 bits per heavy atom. The van der Waals surface area contributed by atoms with Gasteiger partial charge in [0.25, 0.3) is 5.91 Å². The van der Waals surface area contributed by atoms with Gasteiger partial charge < -0.3 is 4.90 Å². The highest BCUT2D eigenvalue weighted by Crippen LogP contribution is 2.28. The third kappa shape index (κ3) is 3.96. The predicted molar refractivity (Wildman–Crippen MR) is 98.7 cm³/mol. The molecule has 2 aromatic rings. The van der Waals surface area contributed by atoms with Gasteiger partial charge in [0.05, 0.1) is 6.07 Å². The van der Waals surface area contributed by atoms with Crippen LogP contribution in [0.3, 0.4) is 0 Å². The Balaban J connectivity index is 1.68. The molecule has 3 rings (SSSR count). The van der Waals surface area contributed by atoms with Crippen molar-refractivity contribution in [1.29, 1.82) is 5.26 Å². The molecule has 1 aliphatic rings. The second-order valence-corrected chi connectivity index (χ2v) is 6.74. The maximum atomic E-state index is 12.6. The molecule has 0 aliphatic carbocycles. The molecule has 1 heterocycles. The second-order valence-electron chi connectivity index (χ2n) is 5.89. The molecule has 1 unspecified atom stereocenters. The van der Waals surface area contributed by atoms with Gasteiger partial charge in [-0.05, 0) is 24.3 Å². The molecule has 1 aliphatic heterocycles. The Labute approximate surface area is 157 Å². The summed E-state index contributed by atoms with van der Waals surface area (Å²) in [5.74, 6) is -0.0339. The first kappa shape index (κ1) is 17.8. The zero-order chi connectivity index (χ0) is 17.8. The smallest absolute Gasteiger partial charge is 0.253 e. The molecule has 0 spiro atoms. The van der Waals surface area contributed by atoms with Crippen LogP contribution >= 0.6 is 23.2 Å². The summed E-state index contributed by atoms with van der Waals surface area (Å²) in [4.78, 5) is 16.4.